The molecule has 2 atom stereocenters. The van der Waals surface area contributed by atoms with Crippen LogP contribution < -0.4 is 5.73 Å². The normalized spacial score (nSPS) is 15.9. The molecule has 3 heteroatoms. The summed E-state index contributed by atoms with van der Waals surface area (Å²) in [5.74, 6) is 0.120. The minimum atomic E-state index is -0.298. The molecule has 0 aromatic carbocycles. The topological polar surface area (TPSA) is 46.2 Å². The Hall–Kier alpha value is -0.380. The Morgan fingerprint density at radius 1 is 1.67 bits per heavy atom. The zero-order valence-corrected chi connectivity index (χ0v) is 8.05. The van der Waals surface area contributed by atoms with Crippen LogP contribution in [0.15, 0.2) is 17.5 Å². The first-order valence-electron chi connectivity index (χ1n) is 4.21. The average Bonchev–Trinajstić information content (AvgIpc) is 2.58. The van der Waals surface area contributed by atoms with Crippen molar-refractivity contribution in [2.45, 2.75) is 25.4 Å². The van der Waals surface area contributed by atoms with Gasteiger partial charge in [-0.05, 0) is 17.9 Å². The number of aliphatic hydroxyl groups is 1. The Bertz CT molecular complexity index is 210. The predicted molar refractivity (Wildman–Crippen MR) is 52.4 cm³/mol. The standard InChI is InChI=1S/C9H15NOS/c1-2-8(11)7(6-10)9-4-3-5-12-9/h3-5,7-8,11H,2,6,10H2,1H3. The quantitative estimate of drug-likeness (QED) is 0.747. The highest BCUT2D eigenvalue weighted by molar-refractivity contribution is 7.10. The summed E-state index contributed by atoms with van der Waals surface area (Å²) in [7, 11) is 0. The molecule has 1 aromatic heterocycles. The predicted octanol–water partition coefficient (Wildman–Crippen LogP) is 1.56. The van der Waals surface area contributed by atoms with Gasteiger partial charge in [0.25, 0.3) is 0 Å². The van der Waals surface area contributed by atoms with Gasteiger partial charge < -0.3 is 10.8 Å². The summed E-state index contributed by atoms with van der Waals surface area (Å²) < 4.78 is 0. The van der Waals surface area contributed by atoms with Crippen molar-refractivity contribution in [2.75, 3.05) is 6.54 Å². The fourth-order valence-electron chi connectivity index (χ4n) is 1.25. The second-order valence-corrected chi connectivity index (χ2v) is 3.81. The van der Waals surface area contributed by atoms with Gasteiger partial charge in [-0.3, -0.25) is 0 Å². The number of hydrogen-bond acceptors (Lipinski definition) is 3. The summed E-state index contributed by atoms with van der Waals surface area (Å²) in [4.78, 5) is 1.19. The molecular formula is C9H15NOS. The Kier molecular flexibility index (Phi) is 3.72. The van der Waals surface area contributed by atoms with Crippen molar-refractivity contribution in [3.05, 3.63) is 22.4 Å². The van der Waals surface area contributed by atoms with Crippen molar-refractivity contribution in [1.29, 1.82) is 0 Å². The first kappa shape index (κ1) is 9.71. The van der Waals surface area contributed by atoms with E-state index < -0.39 is 0 Å². The monoisotopic (exact) mass is 185 g/mol. The molecule has 12 heavy (non-hydrogen) atoms. The van der Waals surface area contributed by atoms with E-state index in [1.54, 1.807) is 11.3 Å². The number of nitrogens with two attached hydrogens (primary N) is 1. The van der Waals surface area contributed by atoms with Crippen LogP contribution in [0.4, 0.5) is 0 Å². The van der Waals surface area contributed by atoms with E-state index in [9.17, 15) is 5.11 Å². The van der Waals surface area contributed by atoms with Gasteiger partial charge >= 0.3 is 0 Å². The molecule has 0 amide bonds. The largest absolute Gasteiger partial charge is 0.392 e. The molecule has 0 saturated heterocycles. The molecule has 0 aliphatic carbocycles. The zero-order valence-electron chi connectivity index (χ0n) is 7.23. The number of aliphatic hydroxyl groups excluding tert-OH is 1. The molecule has 2 unspecified atom stereocenters. The molecule has 0 aliphatic rings. The maximum atomic E-state index is 9.62. The molecular weight excluding hydrogens is 170 g/mol. The van der Waals surface area contributed by atoms with E-state index in [0.717, 1.165) is 6.42 Å². The highest BCUT2D eigenvalue weighted by Crippen LogP contribution is 2.24. The summed E-state index contributed by atoms with van der Waals surface area (Å²) in [6, 6.07) is 4.02. The van der Waals surface area contributed by atoms with E-state index in [1.807, 2.05) is 24.4 Å². The number of hydrogen-bond donors (Lipinski definition) is 2. The van der Waals surface area contributed by atoms with Crippen LogP contribution in [0.2, 0.25) is 0 Å². The van der Waals surface area contributed by atoms with Gasteiger partial charge in [0.15, 0.2) is 0 Å². The molecule has 68 valence electrons. The average molecular weight is 185 g/mol. The minimum Gasteiger partial charge on any atom is -0.392 e. The van der Waals surface area contributed by atoms with Crippen molar-refractivity contribution in [3.63, 3.8) is 0 Å². The molecule has 3 N–H and O–H groups in total. The van der Waals surface area contributed by atoms with Crippen LogP contribution in [0, 0.1) is 0 Å². The van der Waals surface area contributed by atoms with E-state index in [4.69, 9.17) is 5.73 Å². The van der Waals surface area contributed by atoms with Crippen molar-refractivity contribution in [3.8, 4) is 0 Å². The van der Waals surface area contributed by atoms with E-state index in [0.29, 0.717) is 6.54 Å². The first-order valence-corrected chi connectivity index (χ1v) is 5.09. The van der Waals surface area contributed by atoms with Gasteiger partial charge in [-0.15, -0.1) is 11.3 Å². The lowest BCUT2D eigenvalue weighted by molar-refractivity contribution is 0.142. The highest BCUT2D eigenvalue weighted by Gasteiger charge is 2.18. The van der Waals surface area contributed by atoms with Gasteiger partial charge in [0.05, 0.1) is 6.10 Å². The van der Waals surface area contributed by atoms with Crippen LogP contribution >= 0.6 is 11.3 Å². The lowest BCUT2D eigenvalue weighted by Gasteiger charge is -2.18. The van der Waals surface area contributed by atoms with Crippen molar-refractivity contribution in [1.82, 2.24) is 0 Å². The van der Waals surface area contributed by atoms with E-state index >= 15 is 0 Å². The summed E-state index contributed by atoms with van der Waals surface area (Å²) >= 11 is 1.66. The molecule has 0 bridgehead atoms. The van der Waals surface area contributed by atoms with E-state index in [2.05, 4.69) is 0 Å². The summed E-state index contributed by atoms with van der Waals surface area (Å²) in [6.07, 6.45) is 0.466. The lowest BCUT2D eigenvalue weighted by Crippen LogP contribution is -2.24. The highest BCUT2D eigenvalue weighted by atomic mass is 32.1. The molecule has 0 fully saturated rings. The van der Waals surface area contributed by atoms with Gasteiger partial charge in [-0.2, -0.15) is 0 Å². The van der Waals surface area contributed by atoms with Gasteiger partial charge in [-0.1, -0.05) is 13.0 Å². The van der Waals surface area contributed by atoms with Crippen LogP contribution in [0.25, 0.3) is 0 Å². The molecule has 0 aliphatic heterocycles. The third-order valence-electron chi connectivity index (χ3n) is 2.05. The Balaban J connectivity index is 2.69. The van der Waals surface area contributed by atoms with Crippen LogP contribution in [-0.2, 0) is 0 Å². The second-order valence-electron chi connectivity index (χ2n) is 2.83. The molecule has 1 rings (SSSR count). The van der Waals surface area contributed by atoms with Gasteiger partial charge in [0, 0.05) is 17.3 Å². The third kappa shape index (κ3) is 2.06. The van der Waals surface area contributed by atoms with Crippen molar-refractivity contribution >= 4 is 11.3 Å². The maximum absolute atomic E-state index is 9.62. The minimum absolute atomic E-state index is 0.120. The van der Waals surface area contributed by atoms with Crippen LogP contribution in [0.1, 0.15) is 24.1 Å². The van der Waals surface area contributed by atoms with E-state index in [-0.39, 0.29) is 12.0 Å². The molecule has 0 spiro atoms. The lowest BCUT2D eigenvalue weighted by atomic mass is 9.99. The number of rotatable bonds is 4. The van der Waals surface area contributed by atoms with E-state index in [1.165, 1.54) is 4.88 Å². The van der Waals surface area contributed by atoms with Crippen molar-refractivity contribution < 1.29 is 5.11 Å². The summed E-state index contributed by atoms with van der Waals surface area (Å²) in [6.45, 7) is 2.50. The zero-order chi connectivity index (χ0) is 8.97. The molecule has 1 heterocycles. The SMILES string of the molecule is CCC(O)C(CN)c1cccs1. The van der Waals surface area contributed by atoms with Crippen LogP contribution in [-0.4, -0.2) is 17.8 Å². The maximum Gasteiger partial charge on any atom is 0.0626 e. The molecule has 0 radical (unpaired) electrons. The molecule has 1 aromatic rings. The summed E-state index contributed by atoms with van der Waals surface area (Å²) in [5.41, 5.74) is 5.59. The fraction of sp³-hybridized carbons (Fsp3) is 0.556. The summed E-state index contributed by atoms with van der Waals surface area (Å²) in [5, 5.41) is 11.6. The third-order valence-corrected chi connectivity index (χ3v) is 3.05. The van der Waals surface area contributed by atoms with Gasteiger partial charge in [0.2, 0.25) is 0 Å². The first-order chi connectivity index (χ1) is 5.79. The van der Waals surface area contributed by atoms with Gasteiger partial charge in [-0.25, -0.2) is 0 Å². The number of thiophene rings is 1. The Morgan fingerprint density at radius 3 is 2.83 bits per heavy atom. The Morgan fingerprint density at radius 2 is 2.42 bits per heavy atom. The van der Waals surface area contributed by atoms with Crippen LogP contribution in [0.3, 0.4) is 0 Å². The Labute approximate surface area is 77.0 Å². The fourth-order valence-corrected chi connectivity index (χ4v) is 2.15. The molecule has 0 saturated carbocycles. The van der Waals surface area contributed by atoms with Crippen molar-refractivity contribution in [2.24, 2.45) is 5.73 Å². The smallest absolute Gasteiger partial charge is 0.0626 e. The second kappa shape index (κ2) is 4.60. The molecule has 2 nitrogen and oxygen atoms in total. The van der Waals surface area contributed by atoms with Gasteiger partial charge in [0.1, 0.15) is 0 Å². The van der Waals surface area contributed by atoms with Crippen LogP contribution in [0.5, 0.6) is 0 Å².